The molecule has 0 bridgehead atoms. The summed E-state index contributed by atoms with van der Waals surface area (Å²) in [4.78, 5) is 33.0. The third-order valence-electron chi connectivity index (χ3n) is 0.952. The Labute approximate surface area is 147 Å². The second-order valence-corrected chi connectivity index (χ2v) is 2.59. The predicted octanol–water partition coefficient (Wildman–Crippen LogP) is 1.26. The van der Waals surface area contributed by atoms with Crippen molar-refractivity contribution in [1.82, 2.24) is 0 Å². The summed E-state index contributed by atoms with van der Waals surface area (Å²) < 4.78 is 0. The van der Waals surface area contributed by atoms with Crippen LogP contribution in [-0.4, -0.2) is 26.6 Å². The molecule has 0 atom stereocenters. The molecular weight excluding hydrogens is 529 g/mol. The Morgan fingerprint density at radius 1 is 0.708 bits per heavy atom. The van der Waals surface area contributed by atoms with Crippen LogP contribution in [0.1, 0.15) is 32.6 Å². The van der Waals surface area contributed by atoms with Crippen LogP contribution >= 0.6 is 0 Å². The largest absolute Gasteiger partial charge is 4.00 e. The quantitative estimate of drug-likeness (QED) is 0.227. The number of nitrogens with one attached hydrogen (secondary N) is 1. The van der Waals surface area contributed by atoms with Gasteiger partial charge in [-0.15, -0.1) is 0 Å². The molecule has 0 rings (SSSR count). The number of hydrogen-bond acceptors (Lipinski definition) is 13. The predicted molar refractivity (Wildman–Crippen MR) is 74.4 cm³/mol. The van der Waals surface area contributed by atoms with Crippen molar-refractivity contribution in [2.75, 3.05) is 0 Å². The van der Waals surface area contributed by atoms with Gasteiger partial charge in [0.05, 0.1) is 20.3 Å². The van der Waals surface area contributed by atoms with E-state index in [1.807, 2.05) is 0 Å². The topological polar surface area (TPSA) is 289 Å². The third kappa shape index (κ3) is 4710. The van der Waals surface area contributed by atoms with Crippen LogP contribution < -0.4 is 0 Å². The standard InChI is InChI=1S/C6H13N.4NO3.Pt/c1-2-3-4-5-6-7;4*2-1(3)4;/h6-7H,2-5H2,1H3;;;;;/q;4*-1;+4. The normalized spacial score (nSPS) is 6.54. The van der Waals surface area contributed by atoms with Crippen molar-refractivity contribution in [1.29, 1.82) is 5.41 Å². The molecule has 0 aromatic rings. The first-order valence-corrected chi connectivity index (χ1v) is 5.09. The molecule has 0 aliphatic rings. The molecule has 17 nitrogen and oxygen atoms in total. The van der Waals surface area contributed by atoms with E-state index < -0.39 is 20.3 Å². The first-order valence-electron chi connectivity index (χ1n) is 5.09. The maximum atomic E-state index is 8.25. The molecule has 144 valence electrons. The molecule has 0 saturated carbocycles. The zero-order valence-electron chi connectivity index (χ0n) is 11.9. The van der Waals surface area contributed by atoms with Gasteiger partial charge in [-0.2, -0.15) is 0 Å². The van der Waals surface area contributed by atoms with E-state index in [9.17, 15) is 0 Å². The Morgan fingerprint density at radius 3 is 1.04 bits per heavy atom. The van der Waals surface area contributed by atoms with Crippen LogP contribution in [0.3, 0.4) is 0 Å². The molecule has 24 heavy (non-hydrogen) atoms. The Kier molecular flexibility index (Phi) is 57.5. The Balaban J connectivity index is -0.0000000429. The minimum Gasteiger partial charge on any atom is -0.356 e. The van der Waals surface area contributed by atoms with Crippen molar-refractivity contribution < 1.29 is 41.4 Å². The van der Waals surface area contributed by atoms with E-state index in [2.05, 4.69) is 6.92 Å². The fraction of sp³-hybridized carbons (Fsp3) is 0.833. The van der Waals surface area contributed by atoms with Crippen LogP contribution in [0.2, 0.25) is 0 Å². The van der Waals surface area contributed by atoms with E-state index in [1.165, 1.54) is 25.5 Å². The average Bonchev–Trinajstić information content (AvgIpc) is 2.26. The van der Waals surface area contributed by atoms with Gasteiger partial charge in [0.2, 0.25) is 0 Å². The molecule has 0 fully saturated rings. The van der Waals surface area contributed by atoms with Crippen molar-refractivity contribution in [2.45, 2.75) is 32.6 Å². The van der Waals surface area contributed by atoms with Crippen molar-refractivity contribution in [3.05, 3.63) is 61.3 Å². The molecule has 0 aromatic carbocycles. The second kappa shape index (κ2) is 36.9. The van der Waals surface area contributed by atoms with Gasteiger partial charge < -0.3 is 66.7 Å². The van der Waals surface area contributed by atoms with Gasteiger partial charge in [-0.25, -0.2) is 0 Å². The van der Waals surface area contributed by atoms with Gasteiger partial charge in [-0.1, -0.05) is 19.8 Å². The molecule has 1 N–H and O–H groups in total. The zero-order chi connectivity index (χ0) is 19.8. The van der Waals surface area contributed by atoms with Crippen LogP contribution in [0.5, 0.6) is 0 Å². The zero-order valence-corrected chi connectivity index (χ0v) is 14.2. The summed E-state index contributed by atoms with van der Waals surface area (Å²) in [6.45, 7) is 2.17. The van der Waals surface area contributed by atoms with Gasteiger partial charge in [0.25, 0.3) is 0 Å². The molecule has 0 aromatic heterocycles. The van der Waals surface area contributed by atoms with Crippen molar-refractivity contribution in [3.8, 4) is 0 Å². The monoisotopic (exact) mass is 542 g/mol. The Morgan fingerprint density at radius 2 is 0.917 bits per heavy atom. The number of hydrogen-bond donors (Lipinski definition) is 1. The minimum atomic E-state index is -1.75. The van der Waals surface area contributed by atoms with Crippen molar-refractivity contribution >= 4 is 6.21 Å². The molecule has 0 amide bonds. The molecule has 0 spiro atoms. The minimum absolute atomic E-state index is 0. The van der Waals surface area contributed by atoms with Gasteiger partial charge >= 0.3 is 21.1 Å². The summed E-state index contributed by atoms with van der Waals surface area (Å²) in [5.41, 5.74) is 0. The maximum absolute atomic E-state index is 8.25. The van der Waals surface area contributed by atoms with Gasteiger partial charge in [0, 0.05) is 0 Å². The Bertz CT molecular complexity index is 265. The summed E-state index contributed by atoms with van der Waals surface area (Å²) >= 11 is 0. The Hall–Kier alpha value is -2.84. The molecule has 0 unspecified atom stereocenters. The SMILES string of the molecule is CCCCCC=N.O=[N+]([O-])[O-].O=[N+]([O-])[O-].O=[N+]([O-])[O-].O=[N+]([O-])[O-].[Pt+4]. The maximum Gasteiger partial charge on any atom is 4.00 e. The van der Waals surface area contributed by atoms with Crippen LogP contribution in [0, 0.1) is 66.7 Å². The molecule has 18 heteroatoms. The molecule has 0 saturated heterocycles. The van der Waals surface area contributed by atoms with Crippen LogP contribution in [-0.2, 0) is 21.1 Å². The molecule has 0 heterocycles. The third-order valence-corrected chi connectivity index (χ3v) is 0.952. The first kappa shape index (κ1) is 37.4. The van der Waals surface area contributed by atoms with Gasteiger partial charge in [0.1, 0.15) is 0 Å². The molecule has 0 aliphatic carbocycles. The van der Waals surface area contributed by atoms with E-state index in [0.717, 1.165) is 6.42 Å². The summed E-state index contributed by atoms with van der Waals surface area (Å²) in [6.07, 6.45) is 6.17. The van der Waals surface area contributed by atoms with E-state index in [1.54, 1.807) is 0 Å². The van der Waals surface area contributed by atoms with E-state index in [4.69, 9.17) is 66.7 Å². The van der Waals surface area contributed by atoms with Gasteiger partial charge in [-0.3, -0.25) is 0 Å². The number of rotatable bonds is 4. The summed E-state index contributed by atoms with van der Waals surface area (Å²) in [6, 6.07) is 0. The number of unbranched alkanes of at least 4 members (excludes halogenated alkanes) is 3. The molecule has 0 aliphatic heterocycles. The summed E-state index contributed by atoms with van der Waals surface area (Å²) in [5.74, 6) is 0. The summed E-state index contributed by atoms with van der Waals surface area (Å²) in [5, 5.41) is 65.7. The van der Waals surface area contributed by atoms with Gasteiger partial charge in [-0.05, 0) is 19.1 Å². The van der Waals surface area contributed by atoms with E-state index in [-0.39, 0.29) is 21.1 Å². The number of nitrogens with zero attached hydrogens (tertiary/aromatic N) is 4. The second-order valence-electron chi connectivity index (χ2n) is 2.59. The van der Waals surface area contributed by atoms with Crippen molar-refractivity contribution in [2.24, 2.45) is 0 Å². The van der Waals surface area contributed by atoms with Crippen LogP contribution in [0.4, 0.5) is 0 Å². The molecular formula is C6H13N5O12Pt. The van der Waals surface area contributed by atoms with Gasteiger partial charge in [0.15, 0.2) is 0 Å². The first-order chi connectivity index (χ1) is 10.3. The molecule has 0 radical (unpaired) electrons. The van der Waals surface area contributed by atoms with E-state index in [0.29, 0.717) is 0 Å². The van der Waals surface area contributed by atoms with Crippen LogP contribution in [0.15, 0.2) is 0 Å². The smallest absolute Gasteiger partial charge is 0.356 e. The fourth-order valence-corrected chi connectivity index (χ4v) is 0.496. The van der Waals surface area contributed by atoms with E-state index >= 15 is 0 Å². The average molecular weight is 542 g/mol. The van der Waals surface area contributed by atoms with Crippen LogP contribution in [0.25, 0.3) is 0 Å². The van der Waals surface area contributed by atoms with Crippen molar-refractivity contribution in [3.63, 3.8) is 0 Å². The fourth-order valence-electron chi connectivity index (χ4n) is 0.496. The summed E-state index contributed by atoms with van der Waals surface area (Å²) in [7, 11) is 0.